The summed E-state index contributed by atoms with van der Waals surface area (Å²) in [7, 11) is 2.65. The average molecular weight is 556 g/mol. The summed E-state index contributed by atoms with van der Waals surface area (Å²) in [6, 6.07) is 26.9. The van der Waals surface area contributed by atoms with Crippen LogP contribution in [0.3, 0.4) is 0 Å². The van der Waals surface area contributed by atoms with Crippen molar-refractivity contribution in [2.24, 2.45) is 0 Å². The van der Waals surface area contributed by atoms with Crippen LogP contribution < -0.4 is 0 Å². The molecule has 42 heavy (non-hydrogen) atoms. The Labute approximate surface area is 239 Å². The number of nitriles is 1. The number of oxazole rings is 2. The molecule has 0 unspecified atom stereocenters. The first kappa shape index (κ1) is 26.2. The number of rotatable bonds is 6. The van der Waals surface area contributed by atoms with Gasteiger partial charge >= 0.3 is 11.9 Å². The van der Waals surface area contributed by atoms with Crippen LogP contribution in [0.2, 0.25) is 0 Å². The van der Waals surface area contributed by atoms with E-state index in [1.165, 1.54) is 14.2 Å². The molecule has 2 aromatic heterocycles. The van der Waals surface area contributed by atoms with Gasteiger partial charge in [0.15, 0.2) is 11.2 Å². The Hall–Kier alpha value is -6.01. The van der Waals surface area contributed by atoms with Crippen molar-refractivity contribution >= 4 is 45.8 Å². The second-order valence-corrected chi connectivity index (χ2v) is 9.26. The van der Waals surface area contributed by atoms with Crippen LogP contribution in [0.15, 0.2) is 93.8 Å². The number of carbonyl (C=O) groups excluding carboxylic acids is 2. The first-order valence-corrected chi connectivity index (χ1v) is 12.8. The van der Waals surface area contributed by atoms with Gasteiger partial charge in [0.1, 0.15) is 11.0 Å². The van der Waals surface area contributed by atoms with Crippen molar-refractivity contribution in [2.45, 2.75) is 0 Å². The molecule has 0 fully saturated rings. The first-order valence-electron chi connectivity index (χ1n) is 12.8. The number of allylic oxidation sites excluding steroid dienone is 1. The maximum atomic E-state index is 11.8. The van der Waals surface area contributed by atoms with Crippen LogP contribution in [0.25, 0.3) is 56.8 Å². The molecule has 0 aliphatic rings. The van der Waals surface area contributed by atoms with Crippen molar-refractivity contribution < 1.29 is 27.9 Å². The minimum absolute atomic E-state index is 0.378. The number of benzene rings is 4. The number of methoxy groups -OCH3 is 2. The largest absolute Gasteiger partial charge is 0.465 e. The quantitative estimate of drug-likeness (QED) is 0.122. The van der Waals surface area contributed by atoms with Crippen LogP contribution >= 0.6 is 0 Å². The molecule has 0 atom stereocenters. The van der Waals surface area contributed by atoms with E-state index in [0.717, 1.165) is 22.3 Å². The average Bonchev–Trinajstić information content (AvgIpc) is 3.67. The molecule has 0 bridgehead atoms. The van der Waals surface area contributed by atoms with E-state index in [4.69, 9.17) is 18.3 Å². The molecule has 0 aliphatic heterocycles. The fourth-order valence-electron chi connectivity index (χ4n) is 4.45. The molecule has 0 saturated carbocycles. The lowest BCUT2D eigenvalue weighted by Gasteiger charge is -2.02. The summed E-state index contributed by atoms with van der Waals surface area (Å²) >= 11 is 0. The summed E-state index contributed by atoms with van der Waals surface area (Å²) < 4.78 is 21.3. The molecule has 6 rings (SSSR count). The zero-order valence-corrected chi connectivity index (χ0v) is 22.5. The normalized spacial score (nSPS) is 11.4. The molecule has 4 aromatic carbocycles. The lowest BCUT2D eigenvalue weighted by molar-refractivity contribution is 0.0592. The van der Waals surface area contributed by atoms with E-state index < -0.39 is 11.9 Å². The number of fused-ring (bicyclic) bond motifs is 2. The van der Waals surface area contributed by atoms with E-state index in [9.17, 15) is 14.9 Å². The smallest absolute Gasteiger partial charge is 0.337 e. The summed E-state index contributed by atoms with van der Waals surface area (Å²) in [5.74, 6) is -0.0844. The summed E-state index contributed by atoms with van der Waals surface area (Å²) in [5, 5.41) is 9.86. The van der Waals surface area contributed by atoms with Gasteiger partial charge in [0.25, 0.3) is 0 Å². The summed E-state index contributed by atoms with van der Waals surface area (Å²) in [6.07, 6.45) is 1.79. The van der Waals surface area contributed by atoms with Crippen LogP contribution in [0.4, 0.5) is 0 Å². The van der Waals surface area contributed by atoms with Gasteiger partial charge in [-0.1, -0.05) is 24.3 Å². The highest BCUT2D eigenvalue weighted by atomic mass is 16.5. The Kier molecular flexibility index (Phi) is 6.79. The molecule has 9 nitrogen and oxygen atoms in total. The van der Waals surface area contributed by atoms with Gasteiger partial charge in [-0.15, -0.1) is 0 Å². The van der Waals surface area contributed by atoms with E-state index in [0.29, 0.717) is 50.7 Å². The highest BCUT2D eigenvalue weighted by Crippen LogP contribution is 2.29. The van der Waals surface area contributed by atoms with Gasteiger partial charge in [-0.05, 0) is 77.9 Å². The van der Waals surface area contributed by atoms with E-state index in [1.54, 1.807) is 42.5 Å². The second kappa shape index (κ2) is 10.9. The first-order chi connectivity index (χ1) is 20.4. The number of hydrogen-bond acceptors (Lipinski definition) is 9. The summed E-state index contributed by atoms with van der Waals surface area (Å²) in [4.78, 5) is 32.6. The molecule has 0 N–H and O–H groups in total. The lowest BCUT2D eigenvalue weighted by Crippen LogP contribution is -2.00. The van der Waals surface area contributed by atoms with Crippen molar-refractivity contribution in [1.29, 1.82) is 5.26 Å². The third kappa shape index (κ3) is 5.00. The summed E-state index contributed by atoms with van der Waals surface area (Å²) in [5.41, 5.74) is 6.47. The molecule has 0 aliphatic carbocycles. The van der Waals surface area contributed by atoms with Gasteiger partial charge in [0, 0.05) is 11.1 Å². The van der Waals surface area contributed by atoms with Crippen LogP contribution in [-0.2, 0) is 9.47 Å². The zero-order valence-electron chi connectivity index (χ0n) is 22.5. The summed E-state index contributed by atoms with van der Waals surface area (Å²) in [6.45, 7) is 0. The zero-order chi connectivity index (χ0) is 29.2. The van der Waals surface area contributed by atoms with Gasteiger partial charge in [0.2, 0.25) is 11.8 Å². The van der Waals surface area contributed by atoms with Crippen LogP contribution in [0.5, 0.6) is 0 Å². The molecule has 0 radical (unpaired) electrons. The SMILES string of the molecule is COC(=O)c1ccc2nc(-c3ccc(C=C(C#N)c4ccc(-c5nc6ccc(C(=O)OC)cc6o5)cc4)cc3)oc2c1. The lowest BCUT2D eigenvalue weighted by atomic mass is 10.0. The van der Waals surface area contributed by atoms with Crippen molar-refractivity contribution in [2.75, 3.05) is 14.2 Å². The minimum atomic E-state index is -0.452. The molecule has 0 spiro atoms. The number of aromatic nitrogens is 2. The maximum Gasteiger partial charge on any atom is 0.337 e. The molecule has 2 heterocycles. The fourth-order valence-corrected chi connectivity index (χ4v) is 4.45. The monoisotopic (exact) mass is 555 g/mol. The van der Waals surface area contributed by atoms with E-state index in [2.05, 4.69) is 16.0 Å². The van der Waals surface area contributed by atoms with Gasteiger partial charge < -0.3 is 18.3 Å². The van der Waals surface area contributed by atoms with Crippen molar-refractivity contribution in [1.82, 2.24) is 9.97 Å². The Bertz CT molecular complexity index is 2040. The Morgan fingerprint density at radius 2 is 1.14 bits per heavy atom. The van der Waals surface area contributed by atoms with Gasteiger partial charge in [-0.25, -0.2) is 19.6 Å². The van der Waals surface area contributed by atoms with Crippen molar-refractivity contribution in [3.8, 4) is 29.0 Å². The van der Waals surface area contributed by atoms with Gasteiger partial charge in [-0.2, -0.15) is 5.26 Å². The highest BCUT2D eigenvalue weighted by molar-refractivity contribution is 5.94. The molecule has 0 saturated heterocycles. The van der Waals surface area contributed by atoms with E-state index in [1.807, 2.05) is 48.5 Å². The molecule has 204 valence electrons. The second-order valence-electron chi connectivity index (χ2n) is 9.26. The Morgan fingerprint density at radius 3 is 1.60 bits per heavy atom. The molecular weight excluding hydrogens is 534 g/mol. The molecular formula is C33H21N3O6. The Morgan fingerprint density at radius 1 is 0.690 bits per heavy atom. The van der Waals surface area contributed by atoms with Gasteiger partial charge in [0.05, 0.1) is 37.0 Å². The van der Waals surface area contributed by atoms with Crippen molar-refractivity contribution in [3.05, 3.63) is 107 Å². The highest BCUT2D eigenvalue weighted by Gasteiger charge is 2.14. The van der Waals surface area contributed by atoms with Crippen LogP contribution in [0.1, 0.15) is 31.8 Å². The number of ether oxygens (including phenoxy) is 2. The van der Waals surface area contributed by atoms with E-state index in [-0.39, 0.29) is 0 Å². The van der Waals surface area contributed by atoms with Crippen molar-refractivity contribution in [3.63, 3.8) is 0 Å². The maximum absolute atomic E-state index is 11.8. The van der Waals surface area contributed by atoms with Crippen LogP contribution in [0, 0.1) is 11.3 Å². The standard InChI is InChI=1S/C33H21N3O6/c1-39-32(37)23-11-13-26-28(16-23)41-30(35-26)21-5-3-19(4-6-21)15-25(18-34)20-7-9-22(10-8-20)31-36-27-14-12-24(33(38)40-2)17-29(27)42-31/h3-17H,1-2H3. The number of hydrogen-bond donors (Lipinski definition) is 0. The fraction of sp³-hybridized carbons (Fsp3) is 0.0606. The van der Waals surface area contributed by atoms with Crippen LogP contribution in [-0.4, -0.2) is 36.1 Å². The van der Waals surface area contributed by atoms with Gasteiger partial charge in [-0.3, -0.25) is 0 Å². The molecule has 6 aromatic rings. The third-order valence-corrected chi connectivity index (χ3v) is 6.65. The number of esters is 2. The third-order valence-electron chi connectivity index (χ3n) is 6.65. The predicted octanol–water partition coefficient (Wildman–Crippen LogP) is 6.94. The predicted molar refractivity (Wildman–Crippen MR) is 155 cm³/mol. The Balaban J connectivity index is 1.21. The molecule has 0 amide bonds. The minimum Gasteiger partial charge on any atom is -0.465 e. The number of carbonyl (C=O) groups is 2. The van der Waals surface area contributed by atoms with E-state index >= 15 is 0 Å². The molecule has 9 heteroatoms. The topological polar surface area (TPSA) is 128 Å². The number of nitrogens with zero attached hydrogens (tertiary/aromatic N) is 3.